The van der Waals surface area contributed by atoms with Gasteiger partial charge in [0.1, 0.15) is 0 Å². The van der Waals surface area contributed by atoms with E-state index in [1.54, 1.807) is 0 Å². The Morgan fingerprint density at radius 2 is 1.67 bits per heavy atom. The Kier molecular flexibility index (Phi) is 2.36. The molecule has 0 aliphatic rings. The highest BCUT2D eigenvalue weighted by atomic mass is 31.2. The highest BCUT2D eigenvalue weighted by molar-refractivity contribution is 7.53. The van der Waals surface area contributed by atoms with Crippen LogP contribution in [0, 0.1) is 22.7 Å². The van der Waals surface area contributed by atoms with E-state index in [0.717, 1.165) is 0 Å². The molecule has 0 aliphatic heterocycles. The molecule has 0 atom stereocenters. The van der Waals surface area contributed by atoms with Crippen molar-refractivity contribution in [1.82, 2.24) is 0 Å². The molecule has 0 unspecified atom stereocenters. The van der Waals surface area contributed by atoms with Gasteiger partial charge in [0, 0.05) is 0 Å². The standard InChI is InChI=1S/C3H3N2O3P/c4-1-3(2-5)9(6,7)8/h3H,(H2,6,7,8). The Hall–Kier alpha value is -0.870. The van der Waals surface area contributed by atoms with Gasteiger partial charge in [0.15, 0.2) is 0 Å². The third-order valence-corrected chi connectivity index (χ3v) is 1.48. The van der Waals surface area contributed by atoms with E-state index in [4.69, 9.17) is 20.3 Å². The third kappa shape index (κ3) is 2.25. The van der Waals surface area contributed by atoms with E-state index in [9.17, 15) is 4.57 Å². The maximum absolute atomic E-state index is 10.0. The molecule has 0 rings (SSSR count). The number of nitrogens with zero attached hydrogens (tertiary/aromatic N) is 2. The average Bonchev–Trinajstić information content (AvgIpc) is 1.65. The Bertz CT molecular complexity index is 204. The number of hydrogen-bond acceptors (Lipinski definition) is 3. The van der Waals surface area contributed by atoms with Crippen LogP contribution in [-0.2, 0) is 4.57 Å². The van der Waals surface area contributed by atoms with Crippen molar-refractivity contribution in [3.8, 4) is 12.1 Å². The molecule has 2 N–H and O–H groups in total. The summed E-state index contributed by atoms with van der Waals surface area (Å²) in [6, 6.07) is 2.33. The van der Waals surface area contributed by atoms with Gasteiger partial charge in [0.2, 0.25) is 5.66 Å². The van der Waals surface area contributed by atoms with Crippen LogP contribution in [0.2, 0.25) is 0 Å². The monoisotopic (exact) mass is 146 g/mol. The molecule has 0 aliphatic carbocycles. The first kappa shape index (κ1) is 8.13. The molecule has 0 amide bonds. The van der Waals surface area contributed by atoms with Crippen LogP contribution in [0.3, 0.4) is 0 Å². The minimum absolute atomic E-state index is 1.17. The van der Waals surface area contributed by atoms with Crippen molar-refractivity contribution in [1.29, 1.82) is 10.5 Å². The first-order valence-electron chi connectivity index (χ1n) is 1.87. The van der Waals surface area contributed by atoms with Crippen molar-refractivity contribution >= 4 is 7.60 Å². The van der Waals surface area contributed by atoms with E-state index in [1.165, 1.54) is 12.1 Å². The number of nitriles is 2. The van der Waals surface area contributed by atoms with E-state index in [1.807, 2.05) is 0 Å². The largest absolute Gasteiger partial charge is 0.356 e. The molecule has 9 heavy (non-hydrogen) atoms. The Labute approximate surface area is 51.3 Å². The zero-order valence-electron chi connectivity index (χ0n) is 4.22. The fourth-order valence-electron chi connectivity index (χ4n) is 0.179. The van der Waals surface area contributed by atoms with Gasteiger partial charge in [-0.25, -0.2) is 0 Å². The molecule has 0 saturated heterocycles. The molecule has 0 bridgehead atoms. The Morgan fingerprint density at radius 3 is 1.67 bits per heavy atom. The zero-order chi connectivity index (χ0) is 7.49. The minimum Gasteiger partial charge on any atom is -0.323 e. The van der Waals surface area contributed by atoms with Crippen LogP contribution in [0.25, 0.3) is 0 Å². The molecule has 0 aromatic rings. The number of hydrogen-bond donors (Lipinski definition) is 2. The molecular formula is C3H3N2O3P. The fraction of sp³-hybridized carbons (Fsp3) is 0.333. The molecule has 0 aromatic carbocycles. The lowest BCUT2D eigenvalue weighted by Gasteiger charge is -1.99. The molecule has 48 valence electrons. The third-order valence-electron chi connectivity index (χ3n) is 0.581. The smallest absolute Gasteiger partial charge is 0.323 e. The lowest BCUT2D eigenvalue weighted by Crippen LogP contribution is -2.00. The van der Waals surface area contributed by atoms with Crippen LogP contribution in [0.15, 0.2) is 0 Å². The van der Waals surface area contributed by atoms with Crippen molar-refractivity contribution < 1.29 is 14.4 Å². The highest BCUT2D eigenvalue weighted by Crippen LogP contribution is 2.39. The van der Waals surface area contributed by atoms with E-state index >= 15 is 0 Å². The number of rotatable bonds is 1. The van der Waals surface area contributed by atoms with Gasteiger partial charge in [0.25, 0.3) is 0 Å². The van der Waals surface area contributed by atoms with E-state index in [-0.39, 0.29) is 0 Å². The normalized spacial score (nSPS) is 10.3. The van der Waals surface area contributed by atoms with E-state index in [0.29, 0.717) is 0 Å². The predicted molar refractivity (Wildman–Crippen MR) is 27.1 cm³/mol. The summed E-state index contributed by atoms with van der Waals surface area (Å²) in [5, 5.41) is 15.8. The molecule has 0 aromatic heterocycles. The summed E-state index contributed by atoms with van der Waals surface area (Å²) in [4.78, 5) is 16.3. The molecular weight excluding hydrogens is 143 g/mol. The van der Waals surface area contributed by atoms with Crippen molar-refractivity contribution in [2.75, 3.05) is 0 Å². The summed E-state index contributed by atoms with van der Waals surface area (Å²) in [6.07, 6.45) is 0. The van der Waals surface area contributed by atoms with Crippen molar-refractivity contribution in [2.24, 2.45) is 0 Å². The van der Waals surface area contributed by atoms with E-state index in [2.05, 4.69) is 0 Å². The lowest BCUT2D eigenvalue weighted by atomic mass is 10.5. The molecule has 0 radical (unpaired) electrons. The average molecular weight is 146 g/mol. The maximum atomic E-state index is 10.0. The molecule has 0 saturated carbocycles. The van der Waals surface area contributed by atoms with Crippen molar-refractivity contribution in [3.05, 3.63) is 0 Å². The van der Waals surface area contributed by atoms with Crippen molar-refractivity contribution in [2.45, 2.75) is 5.66 Å². The molecule has 0 spiro atoms. The van der Waals surface area contributed by atoms with Gasteiger partial charge in [-0.2, -0.15) is 10.5 Å². The first-order chi connectivity index (χ1) is 4.02. The minimum atomic E-state index is -4.50. The molecule has 0 fully saturated rings. The molecule has 5 nitrogen and oxygen atoms in total. The SMILES string of the molecule is N#CC(C#N)P(=O)(O)O. The summed E-state index contributed by atoms with van der Waals surface area (Å²) in [5.74, 6) is 0. The second-order valence-corrected chi connectivity index (χ2v) is 2.94. The summed E-state index contributed by atoms with van der Waals surface area (Å²) in [6.45, 7) is 0. The van der Waals surface area contributed by atoms with Crippen LogP contribution >= 0.6 is 7.60 Å². The lowest BCUT2D eigenvalue weighted by molar-refractivity contribution is 0.372. The van der Waals surface area contributed by atoms with Gasteiger partial charge in [-0.15, -0.1) is 0 Å². The topological polar surface area (TPSA) is 105 Å². The van der Waals surface area contributed by atoms with E-state index < -0.39 is 13.3 Å². The van der Waals surface area contributed by atoms with Crippen LogP contribution in [0.4, 0.5) is 0 Å². The Balaban J connectivity index is 4.43. The predicted octanol–water partition coefficient (Wildman–Crippen LogP) is -0.420. The van der Waals surface area contributed by atoms with Gasteiger partial charge < -0.3 is 9.79 Å². The second kappa shape index (κ2) is 2.61. The van der Waals surface area contributed by atoms with Gasteiger partial charge in [0.05, 0.1) is 12.1 Å². The fourth-order valence-corrected chi connectivity index (χ4v) is 0.480. The summed E-state index contributed by atoms with van der Waals surface area (Å²) in [5.41, 5.74) is -1.82. The van der Waals surface area contributed by atoms with Crippen LogP contribution < -0.4 is 0 Å². The second-order valence-electron chi connectivity index (χ2n) is 1.25. The van der Waals surface area contributed by atoms with Gasteiger partial charge in [-0.05, 0) is 0 Å². The summed E-state index contributed by atoms with van der Waals surface area (Å²) in [7, 11) is -4.50. The first-order valence-corrected chi connectivity index (χ1v) is 3.55. The van der Waals surface area contributed by atoms with Gasteiger partial charge >= 0.3 is 7.60 Å². The van der Waals surface area contributed by atoms with Gasteiger partial charge in [-0.3, -0.25) is 4.57 Å². The van der Waals surface area contributed by atoms with Crippen molar-refractivity contribution in [3.63, 3.8) is 0 Å². The van der Waals surface area contributed by atoms with Gasteiger partial charge in [-0.1, -0.05) is 0 Å². The van der Waals surface area contributed by atoms with Crippen LogP contribution in [0.1, 0.15) is 0 Å². The van der Waals surface area contributed by atoms with Crippen LogP contribution in [0.5, 0.6) is 0 Å². The maximum Gasteiger partial charge on any atom is 0.356 e. The Morgan fingerprint density at radius 1 is 1.33 bits per heavy atom. The zero-order valence-corrected chi connectivity index (χ0v) is 5.12. The summed E-state index contributed by atoms with van der Waals surface area (Å²) >= 11 is 0. The highest BCUT2D eigenvalue weighted by Gasteiger charge is 2.27. The summed E-state index contributed by atoms with van der Waals surface area (Å²) < 4.78 is 10.0. The molecule has 0 heterocycles. The van der Waals surface area contributed by atoms with Crippen LogP contribution in [-0.4, -0.2) is 15.4 Å². The quantitative estimate of drug-likeness (QED) is 0.488. The molecule has 6 heteroatoms.